The first-order valence-corrected chi connectivity index (χ1v) is 16.7. The highest BCUT2D eigenvalue weighted by Gasteiger charge is 2.17. The van der Waals surface area contributed by atoms with Crippen LogP contribution in [0.4, 0.5) is 0 Å². The standard InChI is InChI=1S/C34H67O2/c1-5-9-11-13-15-17-19-21-23-25-27-29-33(34(36-31-8-4)32-35-30-7-3)28-26-24-22-20-18-16-14-12-10-6-2/h33H,5-31H2,1-4H3. The van der Waals surface area contributed by atoms with E-state index in [1.54, 1.807) is 0 Å². The summed E-state index contributed by atoms with van der Waals surface area (Å²) >= 11 is 0. The van der Waals surface area contributed by atoms with Gasteiger partial charge in [-0.15, -0.1) is 0 Å². The van der Waals surface area contributed by atoms with Crippen LogP contribution in [0.2, 0.25) is 0 Å². The summed E-state index contributed by atoms with van der Waals surface area (Å²) < 4.78 is 11.9. The molecule has 0 saturated carbocycles. The van der Waals surface area contributed by atoms with Crippen molar-refractivity contribution in [3.8, 4) is 0 Å². The average Bonchev–Trinajstić information content (AvgIpc) is 2.89. The smallest absolute Gasteiger partial charge is 0.203 e. The van der Waals surface area contributed by atoms with Gasteiger partial charge in [0.15, 0.2) is 0 Å². The van der Waals surface area contributed by atoms with Crippen LogP contribution >= 0.6 is 0 Å². The number of allylic oxidation sites excluding steroid dienone is 1. The van der Waals surface area contributed by atoms with Crippen molar-refractivity contribution in [3.05, 3.63) is 12.0 Å². The molecule has 0 aromatic heterocycles. The van der Waals surface area contributed by atoms with Gasteiger partial charge in [-0.1, -0.05) is 163 Å². The van der Waals surface area contributed by atoms with Crippen molar-refractivity contribution in [2.24, 2.45) is 5.92 Å². The maximum atomic E-state index is 6.17. The van der Waals surface area contributed by atoms with E-state index in [2.05, 4.69) is 34.0 Å². The third-order valence-corrected chi connectivity index (χ3v) is 7.37. The summed E-state index contributed by atoms with van der Waals surface area (Å²) in [7, 11) is 0. The molecule has 2 heteroatoms. The molecule has 36 heavy (non-hydrogen) atoms. The highest BCUT2D eigenvalue weighted by Crippen LogP contribution is 2.27. The molecule has 215 valence electrons. The first-order valence-electron chi connectivity index (χ1n) is 16.7. The van der Waals surface area contributed by atoms with Crippen molar-refractivity contribution in [2.45, 2.75) is 188 Å². The van der Waals surface area contributed by atoms with E-state index in [4.69, 9.17) is 9.47 Å². The molecular weight excluding hydrogens is 440 g/mol. The first kappa shape index (κ1) is 35.3. The lowest BCUT2D eigenvalue weighted by atomic mass is 9.92. The Morgan fingerprint density at radius 3 is 1.17 bits per heavy atom. The number of hydrogen-bond acceptors (Lipinski definition) is 2. The van der Waals surface area contributed by atoms with Crippen LogP contribution in [0.1, 0.15) is 188 Å². The van der Waals surface area contributed by atoms with Crippen LogP contribution in [0.15, 0.2) is 5.76 Å². The van der Waals surface area contributed by atoms with Crippen molar-refractivity contribution < 1.29 is 9.47 Å². The Bertz CT molecular complexity index is 431. The Labute approximate surface area is 228 Å². The van der Waals surface area contributed by atoms with E-state index < -0.39 is 0 Å². The molecule has 0 aliphatic carbocycles. The largest absolute Gasteiger partial charge is 0.494 e. The summed E-state index contributed by atoms with van der Waals surface area (Å²) in [5.74, 6) is 1.49. The molecule has 0 bridgehead atoms. The molecule has 0 spiro atoms. The zero-order valence-corrected chi connectivity index (χ0v) is 25.5. The second kappa shape index (κ2) is 30.6. The number of ether oxygens (including phenoxy) is 2. The van der Waals surface area contributed by atoms with Crippen LogP contribution in [-0.4, -0.2) is 13.2 Å². The van der Waals surface area contributed by atoms with Crippen LogP contribution < -0.4 is 0 Å². The van der Waals surface area contributed by atoms with E-state index in [9.17, 15) is 0 Å². The van der Waals surface area contributed by atoms with Crippen molar-refractivity contribution >= 4 is 0 Å². The van der Waals surface area contributed by atoms with E-state index in [1.165, 1.54) is 148 Å². The molecule has 0 aromatic carbocycles. The molecular formula is C34H67O2. The van der Waals surface area contributed by atoms with Crippen LogP contribution in [0.3, 0.4) is 0 Å². The molecule has 1 radical (unpaired) electrons. The second-order valence-corrected chi connectivity index (χ2v) is 11.2. The molecule has 0 amide bonds. The zero-order chi connectivity index (χ0) is 26.4. The van der Waals surface area contributed by atoms with Gasteiger partial charge in [-0.25, -0.2) is 0 Å². The molecule has 0 aliphatic rings. The SMILES string of the molecule is CCCCCCCCCCCCCC(CCCCCCCCCCCC)/C(=[C]\OCCC)OCCC. The first-order chi connectivity index (χ1) is 17.8. The molecule has 1 unspecified atom stereocenters. The highest BCUT2D eigenvalue weighted by molar-refractivity contribution is 4.91. The van der Waals surface area contributed by atoms with Crippen LogP contribution in [0.5, 0.6) is 0 Å². The van der Waals surface area contributed by atoms with E-state index >= 15 is 0 Å². The molecule has 0 saturated heterocycles. The van der Waals surface area contributed by atoms with Crippen LogP contribution in [0, 0.1) is 12.2 Å². The summed E-state index contributed by atoms with van der Waals surface area (Å²) in [5.41, 5.74) is 0. The molecule has 0 heterocycles. The lowest BCUT2D eigenvalue weighted by molar-refractivity contribution is 0.130. The number of hydrogen-bond donors (Lipinski definition) is 0. The third kappa shape index (κ3) is 25.0. The summed E-state index contributed by atoms with van der Waals surface area (Å²) in [4.78, 5) is 0. The van der Waals surface area contributed by atoms with Crippen molar-refractivity contribution in [1.29, 1.82) is 0 Å². The zero-order valence-electron chi connectivity index (χ0n) is 25.5. The lowest BCUT2D eigenvalue weighted by Crippen LogP contribution is -2.10. The van der Waals surface area contributed by atoms with Gasteiger partial charge >= 0.3 is 0 Å². The van der Waals surface area contributed by atoms with E-state index in [0.29, 0.717) is 5.92 Å². The topological polar surface area (TPSA) is 18.5 Å². The monoisotopic (exact) mass is 508 g/mol. The minimum absolute atomic E-state index is 0.487. The fraction of sp³-hybridized carbons (Fsp3) is 0.941. The molecule has 0 rings (SSSR count). The third-order valence-electron chi connectivity index (χ3n) is 7.37. The van der Waals surface area contributed by atoms with Gasteiger partial charge in [0.05, 0.1) is 13.2 Å². The molecule has 0 fully saturated rings. The maximum Gasteiger partial charge on any atom is 0.203 e. The Balaban J connectivity index is 4.29. The van der Waals surface area contributed by atoms with Gasteiger partial charge in [-0.05, 0) is 25.7 Å². The molecule has 1 atom stereocenters. The van der Waals surface area contributed by atoms with Gasteiger partial charge in [0, 0.05) is 5.92 Å². The summed E-state index contributed by atoms with van der Waals surface area (Å²) in [6.07, 6.45) is 37.2. The predicted molar refractivity (Wildman–Crippen MR) is 160 cm³/mol. The van der Waals surface area contributed by atoms with Crippen molar-refractivity contribution in [2.75, 3.05) is 13.2 Å². The second-order valence-electron chi connectivity index (χ2n) is 11.2. The molecule has 2 nitrogen and oxygen atoms in total. The fourth-order valence-electron chi connectivity index (χ4n) is 5.01. The van der Waals surface area contributed by atoms with Gasteiger partial charge in [0.2, 0.25) is 6.26 Å². The molecule has 0 aromatic rings. The van der Waals surface area contributed by atoms with Crippen molar-refractivity contribution in [1.82, 2.24) is 0 Å². The summed E-state index contributed by atoms with van der Waals surface area (Å²) in [6.45, 7) is 10.5. The van der Waals surface area contributed by atoms with Gasteiger partial charge in [0.25, 0.3) is 0 Å². The van der Waals surface area contributed by atoms with E-state index in [1.807, 2.05) is 0 Å². The minimum Gasteiger partial charge on any atom is -0.494 e. The van der Waals surface area contributed by atoms with Gasteiger partial charge in [0.1, 0.15) is 5.76 Å². The summed E-state index contributed by atoms with van der Waals surface area (Å²) in [6, 6.07) is 0. The van der Waals surface area contributed by atoms with E-state index in [0.717, 1.165) is 31.8 Å². The maximum absolute atomic E-state index is 6.17. The Morgan fingerprint density at radius 1 is 0.444 bits per heavy atom. The average molecular weight is 508 g/mol. The molecule has 0 aliphatic heterocycles. The van der Waals surface area contributed by atoms with Crippen LogP contribution in [-0.2, 0) is 9.47 Å². The Hall–Kier alpha value is -0.660. The van der Waals surface area contributed by atoms with Gasteiger partial charge in [-0.3, -0.25) is 0 Å². The van der Waals surface area contributed by atoms with Crippen LogP contribution in [0.25, 0.3) is 0 Å². The van der Waals surface area contributed by atoms with Crippen molar-refractivity contribution in [3.63, 3.8) is 0 Å². The number of unbranched alkanes of at least 4 members (excludes halogenated alkanes) is 19. The van der Waals surface area contributed by atoms with Gasteiger partial charge in [-0.2, -0.15) is 0 Å². The molecule has 0 N–H and O–H groups in total. The summed E-state index contributed by atoms with van der Waals surface area (Å²) in [5, 5.41) is 0. The number of rotatable bonds is 30. The quantitative estimate of drug-likeness (QED) is 0.0710. The minimum atomic E-state index is 0.487. The Kier molecular flexibility index (Phi) is 30.0. The van der Waals surface area contributed by atoms with Gasteiger partial charge < -0.3 is 9.47 Å². The fourth-order valence-corrected chi connectivity index (χ4v) is 5.01. The predicted octanol–water partition coefficient (Wildman–Crippen LogP) is 12.1. The highest BCUT2D eigenvalue weighted by atomic mass is 16.5. The lowest BCUT2D eigenvalue weighted by Gasteiger charge is -2.20. The Morgan fingerprint density at radius 2 is 0.806 bits per heavy atom. The normalized spacial score (nSPS) is 12.7. The van der Waals surface area contributed by atoms with E-state index in [-0.39, 0.29) is 0 Å².